The number of halogens is 1. The molecule has 1 saturated heterocycles. The predicted octanol–water partition coefficient (Wildman–Crippen LogP) is 5.33. The lowest BCUT2D eigenvalue weighted by Gasteiger charge is -2.51. The number of fused-ring (bicyclic) bond motifs is 3. The monoisotopic (exact) mass is 384 g/mol. The van der Waals surface area contributed by atoms with Crippen LogP contribution < -0.4 is 4.74 Å². The maximum Gasteiger partial charge on any atom is 0.335 e. The van der Waals surface area contributed by atoms with E-state index in [1.807, 2.05) is 12.1 Å². The molecule has 0 saturated carbocycles. The number of rotatable bonds is 3. The number of carboxylic acid groups (broad SMARTS) is 1. The molecule has 2 aromatic carbocycles. The van der Waals surface area contributed by atoms with Gasteiger partial charge in [-0.05, 0) is 62.6 Å². The van der Waals surface area contributed by atoms with Gasteiger partial charge in [0, 0.05) is 17.4 Å². The molecule has 28 heavy (non-hydrogen) atoms. The zero-order valence-electron chi connectivity index (χ0n) is 16.3. The van der Waals surface area contributed by atoms with Gasteiger partial charge in [0.2, 0.25) is 0 Å². The van der Waals surface area contributed by atoms with Gasteiger partial charge in [0.25, 0.3) is 0 Å². The lowest BCUT2D eigenvalue weighted by atomic mass is 9.70. The van der Waals surface area contributed by atoms with Gasteiger partial charge in [0.1, 0.15) is 17.2 Å². The van der Waals surface area contributed by atoms with E-state index in [-0.39, 0.29) is 35.4 Å². The van der Waals surface area contributed by atoms with Crippen LogP contribution in [0.5, 0.6) is 5.75 Å². The van der Waals surface area contributed by atoms with Crippen molar-refractivity contribution >= 4 is 5.97 Å². The van der Waals surface area contributed by atoms with Gasteiger partial charge in [-0.15, -0.1) is 0 Å². The Morgan fingerprint density at radius 2 is 1.93 bits per heavy atom. The Kier molecular flexibility index (Phi) is 4.66. The molecule has 5 heteroatoms. The Bertz CT molecular complexity index is 890. The van der Waals surface area contributed by atoms with E-state index < -0.39 is 11.6 Å². The number of benzene rings is 2. The van der Waals surface area contributed by atoms with E-state index in [0.717, 1.165) is 24.0 Å². The van der Waals surface area contributed by atoms with Gasteiger partial charge in [-0.3, -0.25) is 0 Å². The molecular formula is C23H25FO4. The van der Waals surface area contributed by atoms with Crippen molar-refractivity contribution < 1.29 is 23.8 Å². The molecule has 4 rings (SSSR count). The first-order chi connectivity index (χ1) is 13.3. The van der Waals surface area contributed by atoms with Gasteiger partial charge in [0.15, 0.2) is 0 Å². The summed E-state index contributed by atoms with van der Waals surface area (Å²) in [6.45, 7) is 6.19. The van der Waals surface area contributed by atoms with Gasteiger partial charge in [-0.2, -0.15) is 0 Å². The molecule has 2 aliphatic heterocycles. The summed E-state index contributed by atoms with van der Waals surface area (Å²) in [6, 6.07) is 11.6. The Morgan fingerprint density at radius 3 is 2.57 bits per heavy atom. The van der Waals surface area contributed by atoms with Crippen LogP contribution in [0.15, 0.2) is 42.5 Å². The quantitative estimate of drug-likeness (QED) is 0.777. The zero-order valence-corrected chi connectivity index (χ0v) is 16.3. The molecule has 0 spiro atoms. The predicted molar refractivity (Wildman–Crippen MR) is 103 cm³/mol. The summed E-state index contributed by atoms with van der Waals surface area (Å²) in [5.41, 5.74) is 1.64. The van der Waals surface area contributed by atoms with E-state index >= 15 is 0 Å². The Morgan fingerprint density at radius 1 is 1.21 bits per heavy atom. The molecule has 0 amide bonds. The van der Waals surface area contributed by atoms with Gasteiger partial charge >= 0.3 is 5.97 Å². The summed E-state index contributed by atoms with van der Waals surface area (Å²) in [6.07, 6.45) is 1.40. The minimum absolute atomic E-state index is 0.0260. The van der Waals surface area contributed by atoms with E-state index in [1.165, 1.54) is 12.1 Å². The van der Waals surface area contributed by atoms with Crippen LogP contribution in [0.1, 0.15) is 67.1 Å². The third-order valence-electron chi connectivity index (χ3n) is 6.17. The molecule has 0 aromatic heterocycles. The normalized spacial score (nSPS) is 28.0. The van der Waals surface area contributed by atoms with Gasteiger partial charge in [0.05, 0.1) is 17.8 Å². The zero-order chi connectivity index (χ0) is 20.1. The summed E-state index contributed by atoms with van der Waals surface area (Å²) in [5.74, 6) is -0.328. The van der Waals surface area contributed by atoms with E-state index in [9.17, 15) is 14.3 Å². The number of hydrogen-bond donors (Lipinski definition) is 1. The van der Waals surface area contributed by atoms with Crippen molar-refractivity contribution in [3.8, 4) is 5.75 Å². The molecule has 1 N–H and O–H groups in total. The Balaban J connectivity index is 1.74. The minimum atomic E-state index is -0.962. The average Bonchev–Trinajstić information content (AvgIpc) is 2.67. The number of carbonyl (C=O) groups is 1. The molecule has 0 aliphatic carbocycles. The highest BCUT2D eigenvalue weighted by atomic mass is 19.1. The minimum Gasteiger partial charge on any atom is -0.487 e. The standard InChI is InChI=1S/C23H25FO4/c1-4-19-16(13-5-8-15(24)9-6-13)12-18-21(27-19)17-11-14(22(25)26)7-10-20(17)28-23(18,2)3/h5-11,16,18-19,21H,4,12H2,1-3H3,(H,25,26)/t16-,18+,19+,21-/m1/s1. The van der Waals surface area contributed by atoms with Crippen molar-refractivity contribution in [2.45, 2.75) is 57.3 Å². The maximum atomic E-state index is 13.4. The van der Waals surface area contributed by atoms with Crippen molar-refractivity contribution in [2.75, 3.05) is 0 Å². The van der Waals surface area contributed by atoms with Crippen LogP contribution in [0.25, 0.3) is 0 Å². The highest BCUT2D eigenvalue weighted by Gasteiger charge is 2.50. The summed E-state index contributed by atoms with van der Waals surface area (Å²) in [5, 5.41) is 9.38. The molecule has 148 valence electrons. The second-order valence-electron chi connectivity index (χ2n) is 8.27. The van der Waals surface area contributed by atoms with E-state index in [4.69, 9.17) is 9.47 Å². The van der Waals surface area contributed by atoms with Crippen LogP contribution in [0, 0.1) is 11.7 Å². The molecule has 4 atom stereocenters. The lowest BCUT2D eigenvalue weighted by Crippen LogP contribution is -2.50. The van der Waals surface area contributed by atoms with Crippen LogP contribution in [-0.4, -0.2) is 22.8 Å². The van der Waals surface area contributed by atoms with E-state index in [1.54, 1.807) is 18.2 Å². The highest BCUT2D eigenvalue weighted by Crippen LogP contribution is 2.54. The molecule has 4 nitrogen and oxygen atoms in total. The molecule has 2 aliphatic rings. The highest BCUT2D eigenvalue weighted by molar-refractivity contribution is 5.88. The van der Waals surface area contributed by atoms with Crippen molar-refractivity contribution in [1.29, 1.82) is 0 Å². The second-order valence-corrected chi connectivity index (χ2v) is 8.27. The molecule has 2 heterocycles. The molecule has 1 fully saturated rings. The fraction of sp³-hybridized carbons (Fsp3) is 0.435. The van der Waals surface area contributed by atoms with Gasteiger partial charge in [-0.1, -0.05) is 19.1 Å². The molecule has 2 aromatic rings. The fourth-order valence-corrected chi connectivity index (χ4v) is 4.66. The summed E-state index contributed by atoms with van der Waals surface area (Å²) in [7, 11) is 0. The average molecular weight is 384 g/mol. The largest absolute Gasteiger partial charge is 0.487 e. The number of carboxylic acids is 1. The topological polar surface area (TPSA) is 55.8 Å². The van der Waals surface area contributed by atoms with Crippen molar-refractivity contribution in [1.82, 2.24) is 0 Å². The van der Waals surface area contributed by atoms with Crippen molar-refractivity contribution in [3.63, 3.8) is 0 Å². The van der Waals surface area contributed by atoms with Gasteiger partial charge in [-0.25, -0.2) is 9.18 Å². The third-order valence-corrected chi connectivity index (χ3v) is 6.17. The smallest absolute Gasteiger partial charge is 0.335 e. The molecule has 0 radical (unpaired) electrons. The van der Waals surface area contributed by atoms with Crippen LogP contribution in [0.3, 0.4) is 0 Å². The number of ether oxygens (including phenoxy) is 2. The van der Waals surface area contributed by atoms with Crippen LogP contribution in [0.4, 0.5) is 4.39 Å². The fourth-order valence-electron chi connectivity index (χ4n) is 4.66. The van der Waals surface area contributed by atoms with Crippen molar-refractivity contribution in [3.05, 3.63) is 65.0 Å². The third kappa shape index (κ3) is 3.18. The van der Waals surface area contributed by atoms with Crippen LogP contribution in [0.2, 0.25) is 0 Å². The first kappa shape index (κ1) is 18.9. The molecule has 0 unspecified atom stereocenters. The Hall–Kier alpha value is -2.40. The van der Waals surface area contributed by atoms with E-state index in [2.05, 4.69) is 20.8 Å². The van der Waals surface area contributed by atoms with Gasteiger partial charge < -0.3 is 14.6 Å². The first-order valence-corrected chi connectivity index (χ1v) is 9.77. The SMILES string of the molecule is CC[C@@H]1O[C@@H]2c3cc(C(=O)O)ccc3OC(C)(C)[C@H]2C[C@@H]1c1ccc(F)cc1. The van der Waals surface area contributed by atoms with Crippen LogP contribution in [-0.2, 0) is 4.74 Å². The summed E-state index contributed by atoms with van der Waals surface area (Å²) < 4.78 is 26.2. The maximum absolute atomic E-state index is 13.4. The first-order valence-electron chi connectivity index (χ1n) is 9.77. The Labute approximate surface area is 164 Å². The van der Waals surface area contributed by atoms with Crippen LogP contribution >= 0.6 is 0 Å². The van der Waals surface area contributed by atoms with Crippen molar-refractivity contribution in [2.24, 2.45) is 5.92 Å². The van der Waals surface area contributed by atoms with E-state index in [0.29, 0.717) is 5.75 Å². The molecular weight excluding hydrogens is 359 g/mol. The summed E-state index contributed by atoms with van der Waals surface area (Å²) >= 11 is 0. The lowest BCUT2D eigenvalue weighted by molar-refractivity contribution is -0.159. The second kappa shape index (κ2) is 6.89. The number of hydrogen-bond acceptors (Lipinski definition) is 3. The summed E-state index contributed by atoms with van der Waals surface area (Å²) in [4.78, 5) is 11.4. The number of aromatic carboxylic acids is 1. The molecule has 0 bridgehead atoms.